The molecule has 0 spiro atoms. The summed E-state index contributed by atoms with van der Waals surface area (Å²) < 4.78 is 32.1. The van der Waals surface area contributed by atoms with E-state index in [1.807, 2.05) is 23.1 Å². The van der Waals surface area contributed by atoms with Gasteiger partial charge in [0, 0.05) is 26.2 Å². The number of ether oxygens (including phenoxy) is 1. The third-order valence-corrected chi connectivity index (χ3v) is 6.68. The zero-order chi connectivity index (χ0) is 19.6. The largest absolute Gasteiger partial charge is 0.497 e. The Bertz CT molecular complexity index is 959. The summed E-state index contributed by atoms with van der Waals surface area (Å²) in [6.45, 7) is 1.29. The molecule has 27 heavy (non-hydrogen) atoms. The monoisotopic (exact) mass is 411 g/mol. The molecular formula is C17H18ClN3O5S. The molecule has 2 aromatic rings. The average molecular weight is 412 g/mol. The molecule has 0 atom stereocenters. The van der Waals surface area contributed by atoms with Crippen molar-refractivity contribution < 1.29 is 18.1 Å². The fourth-order valence-corrected chi connectivity index (χ4v) is 4.82. The molecule has 10 heteroatoms. The molecule has 2 aromatic carbocycles. The van der Waals surface area contributed by atoms with E-state index in [1.165, 1.54) is 23.5 Å². The molecule has 0 aliphatic carbocycles. The van der Waals surface area contributed by atoms with Gasteiger partial charge in [0.25, 0.3) is 5.69 Å². The van der Waals surface area contributed by atoms with Crippen LogP contribution in [-0.2, 0) is 10.0 Å². The summed E-state index contributed by atoms with van der Waals surface area (Å²) in [6, 6.07) is 11.1. The number of hydrogen-bond acceptors (Lipinski definition) is 6. The van der Waals surface area contributed by atoms with Crippen molar-refractivity contribution in [1.29, 1.82) is 0 Å². The van der Waals surface area contributed by atoms with Crippen molar-refractivity contribution in [2.75, 3.05) is 38.2 Å². The number of para-hydroxylation sites is 1. The maximum absolute atomic E-state index is 13.0. The highest BCUT2D eigenvalue weighted by Gasteiger charge is 2.34. The van der Waals surface area contributed by atoms with Gasteiger partial charge in [-0.1, -0.05) is 23.7 Å². The number of nitrogens with zero attached hydrogens (tertiary/aromatic N) is 3. The predicted molar refractivity (Wildman–Crippen MR) is 102 cm³/mol. The quantitative estimate of drug-likeness (QED) is 0.554. The standard InChI is InChI=1S/C17H18ClN3O5S/c1-26-13-6-7-17(16(12-13)21(22)23)27(24,25)20-10-8-19(9-11-20)15-5-3-2-4-14(15)18/h2-7,12H,8-11H2,1H3. The topological polar surface area (TPSA) is 93.0 Å². The Balaban J connectivity index is 1.84. The first-order valence-electron chi connectivity index (χ1n) is 8.16. The van der Waals surface area contributed by atoms with Crippen molar-refractivity contribution in [1.82, 2.24) is 4.31 Å². The van der Waals surface area contributed by atoms with Gasteiger partial charge in [-0.2, -0.15) is 4.31 Å². The lowest BCUT2D eigenvalue weighted by Crippen LogP contribution is -2.48. The zero-order valence-electron chi connectivity index (χ0n) is 14.5. The molecule has 0 bridgehead atoms. The Hall–Kier alpha value is -2.36. The van der Waals surface area contributed by atoms with Crippen LogP contribution < -0.4 is 9.64 Å². The van der Waals surface area contributed by atoms with E-state index >= 15 is 0 Å². The van der Waals surface area contributed by atoms with E-state index in [0.29, 0.717) is 18.1 Å². The first kappa shape index (κ1) is 19.4. The van der Waals surface area contributed by atoms with Crippen molar-refractivity contribution in [3.8, 4) is 5.75 Å². The molecule has 1 saturated heterocycles. The van der Waals surface area contributed by atoms with E-state index in [2.05, 4.69) is 0 Å². The summed E-state index contributed by atoms with van der Waals surface area (Å²) >= 11 is 6.20. The van der Waals surface area contributed by atoms with E-state index in [9.17, 15) is 18.5 Å². The number of nitro benzene ring substituents is 1. The Kier molecular flexibility index (Phi) is 5.54. The molecule has 144 valence electrons. The summed E-state index contributed by atoms with van der Waals surface area (Å²) in [5.41, 5.74) is 0.342. The highest BCUT2D eigenvalue weighted by Crippen LogP contribution is 2.32. The first-order valence-corrected chi connectivity index (χ1v) is 9.98. The molecular weight excluding hydrogens is 394 g/mol. The summed E-state index contributed by atoms with van der Waals surface area (Å²) in [5, 5.41) is 11.9. The van der Waals surface area contributed by atoms with Gasteiger partial charge in [-0.15, -0.1) is 0 Å². The van der Waals surface area contributed by atoms with Crippen LogP contribution in [0.5, 0.6) is 5.75 Å². The number of sulfonamides is 1. The van der Waals surface area contributed by atoms with Crippen LogP contribution in [0.3, 0.4) is 0 Å². The number of piperazine rings is 1. The lowest BCUT2D eigenvalue weighted by atomic mass is 10.2. The SMILES string of the molecule is COc1ccc(S(=O)(=O)N2CCN(c3ccccc3Cl)CC2)c([N+](=O)[O-])c1. The summed E-state index contributed by atoms with van der Waals surface area (Å²) in [4.78, 5) is 12.3. The van der Waals surface area contributed by atoms with Gasteiger partial charge in [0.05, 0.1) is 28.8 Å². The minimum absolute atomic E-state index is 0.205. The number of benzene rings is 2. The molecule has 1 aliphatic heterocycles. The number of halogens is 1. The van der Waals surface area contributed by atoms with Gasteiger partial charge in [0.1, 0.15) is 5.75 Å². The third-order valence-electron chi connectivity index (χ3n) is 4.41. The molecule has 8 nitrogen and oxygen atoms in total. The minimum atomic E-state index is -4.00. The fourth-order valence-electron chi connectivity index (χ4n) is 3.00. The first-order chi connectivity index (χ1) is 12.8. The maximum atomic E-state index is 13.0. The van der Waals surface area contributed by atoms with Gasteiger partial charge in [-0.05, 0) is 24.3 Å². The van der Waals surface area contributed by atoms with Gasteiger partial charge in [0.2, 0.25) is 10.0 Å². The summed E-state index contributed by atoms with van der Waals surface area (Å²) in [6.07, 6.45) is 0. The number of hydrogen-bond donors (Lipinski definition) is 0. The molecule has 1 aliphatic rings. The number of methoxy groups -OCH3 is 1. The van der Waals surface area contributed by atoms with Crippen LogP contribution in [-0.4, -0.2) is 50.9 Å². The van der Waals surface area contributed by atoms with Gasteiger partial charge >= 0.3 is 0 Å². The average Bonchev–Trinajstić information content (AvgIpc) is 2.68. The Labute approximate surface area is 162 Å². The lowest BCUT2D eigenvalue weighted by molar-refractivity contribution is -0.387. The predicted octanol–water partition coefficient (Wildman–Crippen LogP) is 2.77. The molecule has 0 radical (unpaired) electrons. The second-order valence-electron chi connectivity index (χ2n) is 5.93. The van der Waals surface area contributed by atoms with Crippen LogP contribution in [0.15, 0.2) is 47.4 Å². The van der Waals surface area contributed by atoms with Crippen molar-refractivity contribution in [2.45, 2.75) is 4.90 Å². The smallest absolute Gasteiger partial charge is 0.293 e. The highest BCUT2D eigenvalue weighted by atomic mass is 35.5. The molecule has 0 N–H and O–H groups in total. The molecule has 0 saturated carbocycles. The zero-order valence-corrected chi connectivity index (χ0v) is 16.1. The van der Waals surface area contributed by atoms with Crippen LogP contribution in [0.2, 0.25) is 5.02 Å². The van der Waals surface area contributed by atoms with Gasteiger partial charge < -0.3 is 9.64 Å². The molecule has 0 unspecified atom stereocenters. The Morgan fingerprint density at radius 3 is 2.37 bits per heavy atom. The van der Waals surface area contributed by atoms with Crippen molar-refractivity contribution in [3.05, 3.63) is 57.6 Å². The van der Waals surface area contributed by atoms with E-state index in [0.717, 1.165) is 11.8 Å². The number of rotatable bonds is 5. The van der Waals surface area contributed by atoms with Crippen molar-refractivity contribution in [3.63, 3.8) is 0 Å². The van der Waals surface area contributed by atoms with Crippen LogP contribution in [0.25, 0.3) is 0 Å². The van der Waals surface area contributed by atoms with E-state index in [-0.39, 0.29) is 23.7 Å². The van der Waals surface area contributed by atoms with Gasteiger partial charge in [-0.3, -0.25) is 10.1 Å². The van der Waals surface area contributed by atoms with Crippen LogP contribution in [0.4, 0.5) is 11.4 Å². The fraction of sp³-hybridized carbons (Fsp3) is 0.294. The minimum Gasteiger partial charge on any atom is -0.497 e. The van der Waals surface area contributed by atoms with Crippen LogP contribution >= 0.6 is 11.6 Å². The third kappa shape index (κ3) is 3.85. The normalized spacial score (nSPS) is 15.6. The molecule has 3 rings (SSSR count). The van der Waals surface area contributed by atoms with Gasteiger partial charge in [-0.25, -0.2) is 8.42 Å². The second kappa shape index (κ2) is 7.71. The molecule has 1 heterocycles. The van der Waals surface area contributed by atoms with E-state index < -0.39 is 20.6 Å². The van der Waals surface area contributed by atoms with Gasteiger partial charge in [0.15, 0.2) is 4.90 Å². The summed E-state index contributed by atoms with van der Waals surface area (Å²) in [5.74, 6) is 0.226. The maximum Gasteiger partial charge on any atom is 0.293 e. The van der Waals surface area contributed by atoms with E-state index in [1.54, 1.807) is 6.07 Å². The molecule has 0 amide bonds. The number of anilines is 1. The molecule has 0 aromatic heterocycles. The van der Waals surface area contributed by atoms with Crippen LogP contribution in [0, 0.1) is 10.1 Å². The highest BCUT2D eigenvalue weighted by molar-refractivity contribution is 7.89. The Morgan fingerprint density at radius 1 is 1.11 bits per heavy atom. The van der Waals surface area contributed by atoms with Crippen molar-refractivity contribution >= 4 is 33.0 Å². The lowest BCUT2D eigenvalue weighted by Gasteiger charge is -2.35. The Morgan fingerprint density at radius 2 is 1.78 bits per heavy atom. The second-order valence-corrected chi connectivity index (χ2v) is 8.25. The molecule has 1 fully saturated rings. The number of nitro groups is 1. The van der Waals surface area contributed by atoms with E-state index in [4.69, 9.17) is 16.3 Å². The van der Waals surface area contributed by atoms with Crippen LogP contribution in [0.1, 0.15) is 0 Å². The summed E-state index contributed by atoms with van der Waals surface area (Å²) in [7, 11) is -2.64. The van der Waals surface area contributed by atoms with Crippen molar-refractivity contribution in [2.24, 2.45) is 0 Å².